The summed E-state index contributed by atoms with van der Waals surface area (Å²) in [6, 6.07) is 6.79. The van der Waals surface area contributed by atoms with Gasteiger partial charge in [-0.1, -0.05) is 28.1 Å². The number of hydrogen-bond donors (Lipinski definition) is 1. The van der Waals surface area contributed by atoms with Gasteiger partial charge >= 0.3 is 12.1 Å². The van der Waals surface area contributed by atoms with Crippen LogP contribution in [-0.2, 0) is 16.1 Å². The molecule has 1 aromatic carbocycles. The van der Waals surface area contributed by atoms with Gasteiger partial charge in [0.25, 0.3) is 0 Å². The molecular formula is C11H10BrF3O3. The molecule has 0 aliphatic heterocycles. The first-order chi connectivity index (χ1) is 8.30. The van der Waals surface area contributed by atoms with Gasteiger partial charge in [-0.05, 0) is 17.7 Å². The second-order valence-corrected chi connectivity index (χ2v) is 4.49. The van der Waals surface area contributed by atoms with Crippen LogP contribution in [0.3, 0.4) is 0 Å². The summed E-state index contributed by atoms with van der Waals surface area (Å²) in [5, 5.41) is 8.44. The van der Waals surface area contributed by atoms with Gasteiger partial charge in [0.1, 0.15) is 0 Å². The molecule has 1 rings (SSSR count). The number of halogens is 4. The predicted octanol–water partition coefficient (Wildman–Crippen LogP) is 3.23. The van der Waals surface area contributed by atoms with Gasteiger partial charge < -0.3 is 9.84 Å². The highest BCUT2D eigenvalue weighted by Gasteiger charge is 2.45. The minimum atomic E-state index is -4.80. The van der Waals surface area contributed by atoms with E-state index in [1.807, 2.05) is 0 Å². The molecule has 0 fully saturated rings. The molecule has 1 unspecified atom stereocenters. The fraction of sp³-hybridized carbons (Fsp3) is 0.364. The minimum absolute atomic E-state index is 0.0624. The zero-order valence-corrected chi connectivity index (χ0v) is 10.7. The van der Waals surface area contributed by atoms with Crippen molar-refractivity contribution in [3.8, 4) is 0 Å². The quantitative estimate of drug-likeness (QED) is 0.903. The fourth-order valence-corrected chi connectivity index (χ4v) is 1.45. The highest BCUT2D eigenvalue weighted by molar-refractivity contribution is 9.10. The van der Waals surface area contributed by atoms with Crippen LogP contribution in [0.1, 0.15) is 5.56 Å². The van der Waals surface area contributed by atoms with E-state index in [1.165, 1.54) is 0 Å². The Morgan fingerprint density at radius 3 is 2.33 bits per heavy atom. The van der Waals surface area contributed by atoms with Crippen molar-refractivity contribution in [2.75, 3.05) is 6.61 Å². The fourth-order valence-electron chi connectivity index (χ4n) is 1.18. The number of rotatable bonds is 5. The third-order valence-corrected chi connectivity index (χ3v) is 2.69. The molecule has 0 aliphatic rings. The lowest BCUT2D eigenvalue weighted by Gasteiger charge is -2.16. The van der Waals surface area contributed by atoms with Crippen LogP contribution in [0, 0.1) is 5.92 Å². The molecule has 0 bridgehead atoms. The van der Waals surface area contributed by atoms with Gasteiger partial charge in [0.15, 0.2) is 5.92 Å². The van der Waals surface area contributed by atoms with Crippen LogP contribution in [0.4, 0.5) is 13.2 Å². The van der Waals surface area contributed by atoms with Crippen LogP contribution < -0.4 is 0 Å². The summed E-state index contributed by atoms with van der Waals surface area (Å²) < 4.78 is 42.5. The van der Waals surface area contributed by atoms with Crippen molar-refractivity contribution >= 4 is 21.9 Å². The topological polar surface area (TPSA) is 46.5 Å². The molecule has 7 heteroatoms. The highest BCUT2D eigenvalue weighted by atomic mass is 79.9. The molecule has 0 amide bonds. The molecule has 1 aromatic rings. The van der Waals surface area contributed by atoms with Crippen molar-refractivity contribution in [1.29, 1.82) is 0 Å². The molecular weight excluding hydrogens is 317 g/mol. The van der Waals surface area contributed by atoms with Crippen molar-refractivity contribution in [2.45, 2.75) is 12.8 Å². The van der Waals surface area contributed by atoms with Crippen LogP contribution in [0.2, 0.25) is 0 Å². The number of aliphatic carboxylic acids is 1. The molecule has 100 valence electrons. The van der Waals surface area contributed by atoms with E-state index in [4.69, 9.17) is 9.84 Å². The third-order valence-electron chi connectivity index (χ3n) is 2.16. The van der Waals surface area contributed by atoms with E-state index < -0.39 is 24.7 Å². The van der Waals surface area contributed by atoms with Crippen LogP contribution in [-0.4, -0.2) is 23.9 Å². The zero-order valence-electron chi connectivity index (χ0n) is 9.08. The van der Waals surface area contributed by atoms with E-state index in [0.717, 1.165) is 4.47 Å². The van der Waals surface area contributed by atoms with Gasteiger partial charge in [-0.15, -0.1) is 0 Å². The van der Waals surface area contributed by atoms with Gasteiger partial charge in [0.05, 0.1) is 13.2 Å². The Morgan fingerprint density at radius 2 is 1.89 bits per heavy atom. The first-order valence-corrected chi connectivity index (χ1v) is 5.71. The van der Waals surface area contributed by atoms with Crippen molar-refractivity contribution in [3.63, 3.8) is 0 Å². The average molecular weight is 327 g/mol. The molecule has 0 heterocycles. The zero-order chi connectivity index (χ0) is 13.8. The third kappa shape index (κ3) is 4.66. The lowest BCUT2D eigenvalue weighted by Crippen LogP contribution is -2.34. The Balaban J connectivity index is 2.49. The van der Waals surface area contributed by atoms with Gasteiger partial charge in [0.2, 0.25) is 0 Å². The van der Waals surface area contributed by atoms with E-state index in [0.29, 0.717) is 5.56 Å². The molecule has 0 saturated carbocycles. The lowest BCUT2D eigenvalue weighted by atomic mass is 10.1. The molecule has 1 N–H and O–H groups in total. The number of carbonyl (C=O) groups is 1. The molecule has 0 spiro atoms. The number of ether oxygens (including phenoxy) is 1. The molecule has 0 aromatic heterocycles. The molecule has 0 aliphatic carbocycles. The molecule has 1 atom stereocenters. The SMILES string of the molecule is O=C(O)C(COCc1ccc(Br)cc1)C(F)(F)F. The van der Waals surface area contributed by atoms with Gasteiger partial charge in [-0.25, -0.2) is 0 Å². The summed E-state index contributed by atoms with van der Waals surface area (Å²) in [5.74, 6) is -4.42. The van der Waals surface area contributed by atoms with Crippen molar-refractivity contribution < 1.29 is 27.8 Å². The summed E-state index contributed by atoms with van der Waals surface area (Å²) in [6.07, 6.45) is -4.80. The van der Waals surface area contributed by atoms with E-state index in [9.17, 15) is 18.0 Å². The maximum Gasteiger partial charge on any atom is 0.404 e. The number of carboxylic acids is 1. The Morgan fingerprint density at radius 1 is 1.33 bits per heavy atom. The highest BCUT2D eigenvalue weighted by Crippen LogP contribution is 2.27. The number of benzene rings is 1. The van der Waals surface area contributed by atoms with Crippen LogP contribution >= 0.6 is 15.9 Å². The van der Waals surface area contributed by atoms with Crippen molar-refractivity contribution in [3.05, 3.63) is 34.3 Å². The Kier molecular flexibility index (Phi) is 5.15. The largest absolute Gasteiger partial charge is 0.481 e. The lowest BCUT2D eigenvalue weighted by molar-refractivity contribution is -0.203. The molecule has 3 nitrogen and oxygen atoms in total. The summed E-state index contributed by atoms with van der Waals surface area (Å²) in [7, 11) is 0. The predicted molar refractivity (Wildman–Crippen MR) is 61.0 cm³/mol. The van der Waals surface area contributed by atoms with Crippen LogP contribution in [0.5, 0.6) is 0 Å². The van der Waals surface area contributed by atoms with E-state index >= 15 is 0 Å². The Hall–Kier alpha value is -1.08. The summed E-state index contributed by atoms with van der Waals surface area (Å²) in [4.78, 5) is 10.4. The second-order valence-electron chi connectivity index (χ2n) is 3.57. The maximum atomic E-state index is 12.3. The average Bonchev–Trinajstić information content (AvgIpc) is 2.24. The van der Waals surface area contributed by atoms with Gasteiger partial charge in [0, 0.05) is 4.47 Å². The first-order valence-electron chi connectivity index (χ1n) is 4.92. The van der Waals surface area contributed by atoms with Crippen molar-refractivity contribution in [2.24, 2.45) is 5.92 Å². The molecule has 0 radical (unpaired) electrons. The maximum absolute atomic E-state index is 12.3. The van der Waals surface area contributed by atoms with E-state index in [-0.39, 0.29) is 6.61 Å². The molecule has 0 saturated heterocycles. The Labute approximate surface area is 110 Å². The first kappa shape index (κ1) is 15.0. The van der Waals surface area contributed by atoms with Gasteiger partial charge in [-0.3, -0.25) is 4.79 Å². The Bertz CT molecular complexity index is 403. The standard InChI is InChI=1S/C11H10BrF3O3/c12-8-3-1-7(2-4-8)5-18-6-9(10(16)17)11(13,14)15/h1-4,9H,5-6H2,(H,16,17). The summed E-state index contributed by atoms with van der Waals surface area (Å²) in [6.45, 7) is -0.956. The van der Waals surface area contributed by atoms with E-state index in [2.05, 4.69) is 15.9 Å². The van der Waals surface area contributed by atoms with E-state index in [1.54, 1.807) is 24.3 Å². The monoisotopic (exact) mass is 326 g/mol. The minimum Gasteiger partial charge on any atom is -0.481 e. The second kappa shape index (κ2) is 6.19. The number of carboxylic acid groups (broad SMARTS) is 1. The smallest absolute Gasteiger partial charge is 0.404 e. The summed E-state index contributed by atoms with van der Waals surface area (Å²) in [5.41, 5.74) is 0.671. The van der Waals surface area contributed by atoms with Crippen LogP contribution in [0.15, 0.2) is 28.7 Å². The normalized spacial score (nSPS) is 13.3. The van der Waals surface area contributed by atoms with Gasteiger partial charge in [-0.2, -0.15) is 13.2 Å². The number of hydrogen-bond acceptors (Lipinski definition) is 2. The van der Waals surface area contributed by atoms with Crippen LogP contribution in [0.25, 0.3) is 0 Å². The number of alkyl halides is 3. The van der Waals surface area contributed by atoms with Crippen molar-refractivity contribution in [1.82, 2.24) is 0 Å². The molecule has 18 heavy (non-hydrogen) atoms. The summed E-state index contributed by atoms with van der Waals surface area (Å²) >= 11 is 3.21.